The molecule has 14 heavy (non-hydrogen) atoms. The molecule has 0 N–H and O–H groups in total. The maximum absolute atomic E-state index is 13.3. The van der Waals surface area contributed by atoms with Crippen molar-refractivity contribution in [2.45, 2.75) is 24.8 Å². The highest BCUT2D eigenvalue weighted by atomic mass is 32.2. The number of hydrogen-bond acceptors (Lipinski definition) is 3. The fourth-order valence-electron chi connectivity index (χ4n) is 1.07. The van der Waals surface area contributed by atoms with E-state index >= 15 is 0 Å². The highest BCUT2D eigenvalue weighted by Gasteiger charge is 2.14. The van der Waals surface area contributed by atoms with E-state index in [9.17, 15) is 12.8 Å². The Hall–Kier alpha value is -0.970. The lowest BCUT2D eigenvalue weighted by Gasteiger charge is -2.06. The summed E-state index contributed by atoms with van der Waals surface area (Å²) in [6.07, 6.45) is 1.00. The first kappa shape index (κ1) is 11.1. The highest BCUT2D eigenvalue weighted by molar-refractivity contribution is 7.90. The summed E-state index contributed by atoms with van der Waals surface area (Å²) in [6.45, 7) is 3.64. The van der Waals surface area contributed by atoms with Crippen molar-refractivity contribution in [3.63, 3.8) is 0 Å². The largest absolute Gasteiger partial charge is 0.222 e. The SMILES string of the molecule is CC(C)c1ccc(S(C)(=O)=O)nc1F. The van der Waals surface area contributed by atoms with Crippen LogP contribution < -0.4 is 0 Å². The lowest BCUT2D eigenvalue weighted by Crippen LogP contribution is -2.05. The van der Waals surface area contributed by atoms with Crippen LogP contribution in [0.2, 0.25) is 0 Å². The van der Waals surface area contributed by atoms with E-state index in [-0.39, 0.29) is 10.9 Å². The molecule has 1 aromatic heterocycles. The van der Waals surface area contributed by atoms with Gasteiger partial charge >= 0.3 is 0 Å². The number of hydrogen-bond donors (Lipinski definition) is 0. The molecule has 0 bridgehead atoms. The molecule has 0 aliphatic carbocycles. The van der Waals surface area contributed by atoms with Gasteiger partial charge in [0, 0.05) is 11.8 Å². The molecule has 1 rings (SSSR count). The van der Waals surface area contributed by atoms with Gasteiger partial charge in [0.1, 0.15) is 0 Å². The maximum atomic E-state index is 13.3. The molecular weight excluding hydrogens is 205 g/mol. The third kappa shape index (κ3) is 2.29. The Kier molecular flexibility index (Phi) is 2.89. The highest BCUT2D eigenvalue weighted by Crippen LogP contribution is 2.18. The van der Waals surface area contributed by atoms with Gasteiger partial charge in [0.15, 0.2) is 14.9 Å². The Labute approximate surface area is 82.9 Å². The lowest BCUT2D eigenvalue weighted by molar-refractivity contribution is 0.537. The van der Waals surface area contributed by atoms with Gasteiger partial charge in [-0.25, -0.2) is 13.4 Å². The van der Waals surface area contributed by atoms with Gasteiger partial charge in [-0.05, 0) is 12.0 Å². The van der Waals surface area contributed by atoms with Crippen LogP contribution in [0.4, 0.5) is 4.39 Å². The summed E-state index contributed by atoms with van der Waals surface area (Å²) in [5.74, 6) is -0.709. The van der Waals surface area contributed by atoms with Crippen molar-refractivity contribution in [2.24, 2.45) is 0 Å². The molecule has 0 radical (unpaired) electrons. The molecule has 0 aliphatic rings. The molecule has 0 aliphatic heterocycles. The van der Waals surface area contributed by atoms with Gasteiger partial charge in [-0.3, -0.25) is 0 Å². The predicted octanol–water partition coefficient (Wildman–Crippen LogP) is 1.75. The summed E-state index contributed by atoms with van der Waals surface area (Å²) >= 11 is 0. The van der Waals surface area contributed by atoms with Crippen LogP contribution in [0, 0.1) is 5.95 Å². The molecule has 0 spiro atoms. The number of aromatic nitrogens is 1. The van der Waals surface area contributed by atoms with E-state index in [1.54, 1.807) is 0 Å². The molecule has 0 saturated heterocycles. The monoisotopic (exact) mass is 217 g/mol. The van der Waals surface area contributed by atoms with E-state index in [0.717, 1.165) is 6.26 Å². The summed E-state index contributed by atoms with van der Waals surface area (Å²) in [5.41, 5.74) is 0.428. The molecule has 78 valence electrons. The van der Waals surface area contributed by atoms with Crippen LogP contribution in [0.3, 0.4) is 0 Å². The third-order valence-corrected chi connectivity index (χ3v) is 2.84. The standard InChI is InChI=1S/C9H12FNO2S/c1-6(2)7-4-5-8(11-9(7)10)14(3,12)13/h4-6H,1-3H3. The van der Waals surface area contributed by atoms with Crippen LogP contribution in [0.15, 0.2) is 17.2 Å². The van der Waals surface area contributed by atoms with E-state index in [1.807, 2.05) is 13.8 Å². The average Bonchev–Trinajstić information content (AvgIpc) is 2.01. The zero-order valence-corrected chi connectivity index (χ0v) is 9.10. The summed E-state index contributed by atoms with van der Waals surface area (Å²) in [5, 5.41) is -0.223. The van der Waals surface area contributed by atoms with Crippen LogP contribution in [-0.2, 0) is 9.84 Å². The third-order valence-electron chi connectivity index (χ3n) is 1.85. The molecule has 1 aromatic rings. The van der Waals surface area contributed by atoms with E-state index in [0.29, 0.717) is 5.56 Å². The Balaban J connectivity index is 3.27. The van der Waals surface area contributed by atoms with Gasteiger partial charge in [-0.1, -0.05) is 19.9 Å². The molecule has 5 heteroatoms. The van der Waals surface area contributed by atoms with Crippen molar-refractivity contribution < 1.29 is 12.8 Å². The molecule has 0 fully saturated rings. The van der Waals surface area contributed by atoms with Crippen LogP contribution in [0.25, 0.3) is 0 Å². The van der Waals surface area contributed by atoms with Gasteiger partial charge in [0.25, 0.3) is 0 Å². The van der Waals surface area contributed by atoms with Crippen molar-refractivity contribution in [3.05, 3.63) is 23.6 Å². The number of halogens is 1. The fourth-order valence-corrected chi connectivity index (χ4v) is 1.63. The first-order valence-electron chi connectivity index (χ1n) is 4.19. The van der Waals surface area contributed by atoms with Gasteiger partial charge in [-0.2, -0.15) is 4.39 Å². The summed E-state index contributed by atoms with van der Waals surface area (Å²) in [7, 11) is -3.42. The van der Waals surface area contributed by atoms with Gasteiger partial charge in [0.05, 0.1) is 0 Å². The number of sulfone groups is 1. The van der Waals surface area contributed by atoms with Crippen molar-refractivity contribution in [2.75, 3.05) is 6.26 Å². The van der Waals surface area contributed by atoms with Crippen molar-refractivity contribution >= 4 is 9.84 Å². The maximum Gasteiger partial charge on any atom is 0.217 e. The first-order valence-corrected chi connectivity index (χ1v) is 6.08. The number of pyridine rings is 1. The van der Waals surface area contributed by atoms with Crippen molar-refractivity contribution in [1.82, 2.24) is 4.98 Å². The molecule has 0 unspecified atom stereocenters. The zero-order valence-electron chi connectivity index (χ0n) is 8.28. The second-order valence-electron chi connectivity index (χ2n) is 3.46. The van der Waals surface area contributed by atoms with Crippen LogP contribution in [0.5, 0.6) is 0 Å². The summed E-state index contributed by atoms with van der Waals surface area (Å²) in [6, 6.07) is 2.79. The Bertz CT molecular complexity index is 440. The van der Waals surface area contributed by atoms with E-state index in [4.69, 9.17) is 0 Å². The number of nitrogens with zero attached hydrogens (tertiary/aromatic N) is 1. The normalized spacial score (nSPS) is 12.1. The second kappa shape index (κ2) is 3.65. The van der Waals surface area contributed by atoms with Crippen molar-refractivity contribution in [3.8, 4) is 0 Å². The van der Waals surface area contributed by atoms with Gasteiger partial charge < -0.3 is 0 Å². The fraction of sp³-hybridized carbons (Fsp3) is 0.444. The molecule has 3 nitrogen and oxygen atoms in total. The molecule has 0 amide bonds. The minimum atomic E-state index is -3.42. The smallest absolute Gasteiger partial charge is 0.217 e. The quantitative estimate of drug-likeness (QED) is 0.709. The van der Waals surface area contributed by atoms with Crippen molar-refractivity contribution in [1.29, 1.82) is 0 Å². The van der Waals surface area contributed by atoms with Crippen LogP contribution in [0.1, 0.15) is 25.3 Å². The second-order valence-corrected chi connectivity index (χ2v) is 5.42. The lowest BCUT2D eigenvalue weighted by atomic mass is 10.1. The summed E-state index contributed by atoms with van der Waals surface area (Å²) in [4.78, 5) is 3.41. The molecular formula is C9H12FNO2S. The minimum Gasteiger partial charge on any atom is -0.222 e. The minimum absolute atomic E-state index is 0.00360. The molecule has 0 saturated carbocycles. The topological polar surface area (TPSA) is 47.0 Å². The first-order chi connectivity index (χ1) is 6.32. The summed E-state index contributed by atoms with van der Waals surface area (Å²) < 4.78 is 35.3. The van der Waals surface area contributed by atoms with E-state index in [2.05, 4.69) is 4.98 Å². The molecule has 1 heterocycles. The Morgan fingerprint density at radius 2 is 1.93 bits per heavy atom. The Morgan fingerprint density at radius 3 is 2.29 bits per heavy atom. The average molecular weight is 217 g/mol. The van der Waals surface area contributed by atoms with E-state index < -0.39 is 15.8 Å². The van der Waals surface area contributed by atoms with Crippen LogP contribution in [-0.4, -0.2) is 19.7 Å². The predicted molar refractivity (Wildman–Crippen MR) is 51.4 cm³/mol. The van der Waals surface area contributed by atoms with Gasteiger partial charge in [0.2, 0.25) is 5.95 Å². The van der Waals surface area contributed by atoms with Crippen LogP contribution >= 0.6 is 0 Å². The molecule has 0 atom stereocenters. The zero-order chi connectivity index (χ0) is 10.9. The molecule has 0 aromatic carbocycles. The Morgan fingerprint density at radius 1 is 1.36 bits per heavy atom. The van der Waals surface area contributed by atoms with E-state index in [1.165, 1.54) is 12.1 Å². The van der Waals surface area contributed by atoms with Gasteiger partial charge in [-0.15, -0.1) is 0 Å². The number of rotatable bonds is 2.